The van der Waals surface area contributed by atoms with E-state index in [4.69, 9.17) is 4.74 Å². The van der Waals surface area contributed by atoms with E-state index in [0.717, 1.165) is 29.0 Å². The van der Waals surface area contributed by atoms with E-state index in [1.807, 2.05) is 18.4 Å². The number of nitrogens with one attached hydrogen (secondary N) is 1. The molecule has 84 valence electrons. The van der Waals surface area contributed by atoms with Crippen LogP contribution in [-0.4, -0.2) is 21.2 Å². The van der Waals surface area contributed by atoms with Crippen LogP contribution in [0.15, 0.2) is 4.79 Å². The molecule has 0 aromatic carbocycles. The molecule has 3 heterocycles. The molecule has 16 heavy (non-hydrogen) atoms. The first-order valence-electron chi connectivity index (χ1n) is 5.36. The Morgan fingerprint density at radius 3 is 3.06 bits per heavy atom. The summed E-state index contributed by atoms with van der Waals surface area (Å²) in [5.41, 5.74) is 4.44. The molecule has 0 radical (unpaired) electrons. The standard InChI is InChI=1S/C11H13N3O2/c1-6-7(2)13-14-9-3-4-16-5-8(9)11(15)12-10(6)14/h3-5H2,1-2H3,(H,12,15). The molecule has 5 nitrogen and oxygen atoms in total. The van der Waals surface area contributed by atoms with Gasteiger partial charge in [-0.2, -0.15) is 5.10 Å². The minimum Gasteiger partial charge on any atom is -0.376 e. The summed E-state index contributed by atoms with van der Waals surface area (Å²) in [6.07, 6.45) is 0.746. The zero-order valence-corrected chi connectivity index (χ0v) is 9.33. The van der Waals surface area contributed by atoms with Crippen molar-refractivity contribution in [3.8, 4) is 0 Å². The topological polar surface area (TPSA) is 59.4 Å². The van der Waals surface area contributed by atoms with Crippen molar-refractivity contribution in [3.05, 3.63) is 32.9 Å². The van der Waals surface area contributed by atoms with Crippen molar-refractivity contribution in [2.24, 2.45) is 0 Å². The second-order valence-electron chi connectivity index (χ2n) is 4.15. The summed E-state index contributed by atoms with van der Waals surface area (Å²) in [6, 6.07) is 0. The maximum Gasteiger partial charge on any atom is 0.256 e. The number of H-pyrrole nitrogens is 1. The first kappa shape index (κ1) is 9.59. The van der Waals surface area contributed by atoms with Crippen molar-refractivity contribution < 1.29 is 4.74 Å². The number of fused-ring (bicyclic) bond motifs is 3. The highest BCUT2D eigenvalue weighted by atomic mass is 16.5. The molecule has 1 aliphatic heterocycles. The smallest absolute Gasteiger partial charge is 0.256 e. The molecule has 0 saturated carbocycles. The zero-order valence-electron chi connectivity index (χ0n) is 9.33. The lowest BCUT2D eigenvalue weighted by Gasteiger charge is -2.16. The number of aryl methyl sites for hydroxylation is 2. The lowest BCUT2D eigenvalue weighted by atomic mass is 10.1. The Morgan fingerprint density at radius 2 is 2.25 bits per heavy atom. The largest absolute Gasteiger partial charge is 0.376 e. The molecule has 0 spiro atoms. The van der Waals surface area contributed by atoms with Gasteiger partial charge in [-0.3, -0.25) is 4.79 Å². The molecule has 5 heteroatoms. The van der Waals surface area contributed by atoms with Gasteiger partial charge in [0.1, 0.15) is 5.65 Å². The highest BCUT2D eigenvalue weighted by Gasteiger charge is 2.19. The molecular formula is C11H13N3O2. The lowest BCUT2D eigenvalue weighted by Crippen LogP contribution is -2.25. The van der Waals surface area contributed by atoms with Crippen molar-refractivity contribution in [1.82, 2.24) is 14.6 Å². The average molecular weight is 219 g/mol. The molecular weight excluding hydrogens is 206 g/mol. The summed E-state index contributed by atoms with van der Waals surface area (Å²) in [7, 11) is 0. The molecule has 1 N–H and O–H groups in total. The van der Waals surface area contributed by atoms with Gasteiger partial charge in [0.25, 0.3) is 5.56 Å². The van der Waals surface area contributed by atoms with Crippen LogP contribution < -0.4 is 5.56 Å². The van der Waals surface area contributed by atoms with Gasteiger partial charge < -0.3 is 9.72 Å². The van der Waals surface area contributed by atoms with E-state index in [1.165, 1.54) is 0 Å². The Balaban J connectivity index is 2.46. The SMILES string of the molecule is Cc1nn2c3c(c(=O)[nH]c2c1C)COCC3. The Bertz CT molecular complexity index is 624. The summed E-state index contributed by atoms with van der Waals surface area (Å²) in [5, 5.41) is 4.46. The third kappa shape index (κ3) is 1.15. The molecule has 0 saturated heterocycles. The van der Waals surface area contributed by atoms with Gasteiger partial charge in [0, 0.05) is 12.0 Å². The quantitative estimate of drug-likeness (QED) is 0.710. The predicted molar refractivity (Wildman–Crippen MR) is 58.6 cm³/mol. The third-order valence-electron chi connectivity index (χ3n) is 3.20. The van der Waals surface area contributed by atoms with Gasteiger partial charge >= 0.3 is 0 Å². The number of aromatic amines is 1. The number of hydrogen-bond acceptors (Lipinski definition) is 3. The van der Waals surface area contributed by atoms with Crippen LogP contribution in [0.5, 0.6) is 0 Å². The van der Waals surface area contributed by atoms with E-state index >= 15 is 0 Å². The monoisotopic (exact) mass is 219 g/mol. The van der Waals surface area contributed by atoms with Gasteiger partial charge in [0.2, 0.25) is 0 Å². The van der Waals surface area contributed by atoms with Crippen molar-refractivity contribution in [2.75, 3.05) is 6.61 Å². The van der Waals surface area contributed by atoms with Crippen LogP contribution in [0.4, 0.5) is 0 Å². The average Bonchev–Trinajstić information content (AvgIpc) is 2.57. The summed E-state index contributed by atoms with van der Waals surface area (Å²) in [6.45, 7) is 4.97. The highest BCUT2D eigenvalue weighted by Crippen LogP contribution is 2.17. The Morgan fingerprint density at radius 1 is 1.44 bits per heavy atom. The number of hydrogen-bond donors (Lipinski definition) is 1. The van der Waals surface area contributed by atoms with Crippen LogP contribution in [0.1, 0.15) is 22.5 Å². The fraction of sp³-hybridized carbons (Fsp3) is 0.455. The van der Waals surface area contributed by atoms with E-state index in [2.05, 4.69) is 10.1 Å². The van der Waals surface area contributed by atoms with Gasteiger partial charge in [-0.05, 0) is 13.8 Å². The first-order chi connectivity index (χ1) is 7.68. The summed E-state index contributed by atoms with van der Waals surface area (Å²) in [5.74, 6) is 0. The molecule has 3 rings (SSSR count). The molecule has 0 amide bonds. The Kier molecular flexibility index (Phi) is 1.91. The normalized spacial score (nSPS) is 15.4. The van der Waals surface area contributed by atoms with Gasteiger partial charge in [-0.25, -0.2) is 4.52 Å². The summed E-state index contributed by atoms with van der Waals surface area (Å²) in [4.78, 5) is 14.7. The van der Waals surface area contributed by atoms with E-state index in [1.54, 1.807) is 0 Å². The molecule has 0 atom stereocenters. The molecule has 1 aliphatic rings. The number of ether oxygens (including phenoxy) is 1. The second-order valence-corrected chi connectivity index (χ2v) is 4.15. The number of nitrogens with zero attached hydrogens (tertiary/aromatic N) is 2. The Labute approximate surface area is 92.1 Å². The van der Waals surface area contributed by atoms with Crippen molar-refractivity contribution >= 4 is 5.65 Å². The molecule has 0 unspecified atom stereocenters. The molecule has 0 fully saturated rings. The van der Waals surface area contributed by atoms with Crippen LogP contribution in [0.2, 0.25) is 0 Å². The summed E-state index contributed by atoms with van der Waals surface area (Å²) < 4.78 is 7.15. The fourth-order valence-corrected chi connectivity index (χ4v) is 2.14. The fourth-order valence-electron chi connectivity index (χ4n) is 2.14. The van der Waals surface area contributed by atoms with Gasteiger partial charge in [-0.15, -0.1) is 0 Å². The maximum atomic E-state index is 11.9. The third-order valence-corrected chi connectivity index (χ3v) is 3.20. The lowest BCUT2D eigenvalue weighted by molar-refractivity contribution is 0.107. The number of aromatic nitrogens is 3. The highest BCUT2D eigenvalue weighted by molar-refractivity contribution is 5.50. The summed E-state index contributed by atoms with van der Waals surface area (Å²) >= 11 is 0. The van der Waals surface area contributed by atoms with Crippen molar-refractivity contribution in [3.63, 3.8) is 0 Å². The van der Waals surface area contributed by atoms with Crippen LogP contribution in [0.25, 0.3) is 5.65 Å². The molecule has 0 bridgehead atoms. The Hall–Kier alpha value is -1.62. The van der Waals surface area contributed by atoms with Gasteiger partial charge in [-0.1, -0.05) is 0 Å². The van der Waals surface area contributed by atoms with Crippen LogP contribution in [0, 0.1) is 13.8 Å². The molecule has 0 aliphatic carbocycles. The van der Waals surface area contributed by atoms with Crippen LogP contribution in [0.3, 0.4) is 0 Å². The van der Waals surface area contributed by atoms with E-state index in [-0.39, 0.29) is 5.56 Å². The van der Waals surface area contributed by atoms with E-state index in [0.29, 0.717) is 18.8 Å². The molecule has 2 aromatic rings. The zero-order chi connectivity index (χ0) is 11.3. The van der Waals surface area contributed by atoms with E-state index < -0.39 is 0 Å². The minimum absolute atomic E-state index is 0.0507. The predicted octanol–water partition coefficient (Wildman–Crippen LogP) is 0.712. The van der Waals surface area contributed by atoms with Crippen molar-refractivity contribution in [2.45, 2.75) is 26.9 Å². The van der Waals surface area contributed by atoms with Gasteiger partial charge in [0.05, 0.1) is 30.2 Å². The van der Waals surface area contributed by atoms with Crippen LogP contribution >= 0.6 is 0 Å². The molecule has 2 aromatic heterocycles. The van der Waals surface area contributed by atoms with E-state index in [9.17, 15) is 4.79 Å². The van der Waals surface area contributed by atoms with Gasteiger partial charge in [0.15, 0.2) is 0 Å². The first-order valence-corrected chi connectivity index (χ1v) is 5.36. The second kappa shape index (κ2) is 3.18. The maximum absolute atomic E-state index is 11.9. The van der Waals surface area contributed by atoms with Crippen molar-refractivity contribution in [1.29, 1.82) is 0 Å². The number of rotatable bonds is 0. The minimum atomic E-state index is -0.0507. The van der Waals surface area contributed by atoms with Crippen LogP contribution in [-0.2, 0) is 17.8 Å².